The van der Waals surface area contributed by atoms with Gasteiger partial charge in [-0.05, 0) is 110 Å². The van der Waals surface area contributed by atoms with Crippen molar-refractivity contribution in [2.24, 2.45) is 22.4 Å². The Morgan fingerprint density at radius 1 is 0.897 bits per heavy atom. The van der Waals surface area contributed by atoms with Crippen LogP contribution in [0.1, 0.15) is 91.3 Å². The van der Waals surface area contributed by atoms with Crippen LogP contribution in [0.3, 0.4) is 0 Å². The van der Waals surface area contributed by atoms with E-state index in [0.717, 1.165) is 77.9 Å². The first-order valence-corrected chi connectivity index (χ1v) is 23.9. The SMILES string of the molecule is [C-]#[N+]c1ccc(C=Nc2ccc3c(c2)sc(=NC2CC(OC(=O)c4cc(F)c(OCCCCCCOCC5(CC)COC5)c(F)c4)CCC2c2ccc(-c4ccc(C)cc4F)cc2)n3C)cc1F. The summed E-state index contributed by atoms with van der Waals surface area (Å²) in [6, 6.07) is 24.5. The molecule has 9 nitrogen and oxygen atoms in total. The Bertz CT molecular complexity index is 2880. The molecule has 0 spiro atoms. The van der Waals surface area contributed by atoms with Crippen LogP contribution in [-0.4, -0.2) is 61.9 Å². The third kappa shape index (κ3) is 11.4. The number of halogens is 4. The van der Waals surface area contributed by atoms with Crippen LogP contribution in [0.5, 0.6) is 5.75 Å². The Morgan fingerprint density at radius 2 is 1.66 bits per heavy atom. The van der Waals surface area contributed by atoms with Gasteiger partial charge in [-0.15, -0.1) is 0 Å². The highest BCUT2D eigenvalue weighted by atomic mass is 32.1. The van der Waals surface area contributed by atoms with Crippen molar-refractivity contribution in [3.63, 3.8) is 0 Å². The number of ether oxygens (including phenoxy) is 4. The van der Waals surface area contributed by atoms with Gasteiger partial charge in [-0.3, -0.25) is 9.98 Å². The Labute approximate surface area is 397 Å². The van der Waals surface area contributed by atoms with E-state index in [1.54, 1.807) is 18.3 Å². The molecular formula is C54H54F4N4O5S. The number of unbranched alkanes of at least 4 members (excludes halogenated alkanes) is 3. The molecule has 14 heteroatoms. The Balaban J connectivity index is 0.951. The summed E-state index contributed by atoms with van der Waals surface area (Å²) in [6.07, 6.45) is 6.60. The lowest BCUT2D eigenvalue weighted by Crippen LogP contribution is -2.45. The number of carbonyl (C=O) groups excluding carboxylic acids is 1. The first-order chi connectivity index (χ1) is 32.9. The second-order valence-corrected chi connectivity index (χ2v) is 18.9. The number of nitrogens with zero attached hydrogens (tertiary/aromatic N) is 4. The summed E-state index contributed by atoms with van der Waals surface area (Å²) in [7, 11) is 1.92. The van der Waals surface area contributed by atoms with Gasteiger partial charge in [0.05, 0.1) is 60.5 Å². The number of esters is 1. The van der Waals surface area contributed by atoms with Gasteiger partial charge in [-0.2, -0.15) is 0 Å². The Kier molecular flexibility index (Phi) is 15.5. The van der Waals surface area contributed by atoms with Gasteiger partial charge in [0.2, 0.25) is 5.69 Å². The average Bonchev–Trinajstić information content (AvgIpc) is 3.62. The van der Waals surface area contributed by atoms with Crippen LogP contribution >= 0.6 is 11.3 Å². The van der Waals surface area contributed by atoms with Gasteiger partial charge in [0.25, 0.3) is 0 Å². The maximum atomic E-state index is 15.3. The van der Waals surface area contributed by atoms with Crippen molar-refractivity contribution in [2.45, 2.75) is 83.3 Å². The lowest BCUT2D eigenvalue weighted by atomic mass is 9.78. The van der Waals surface area contributed by atoms with Crippen molar-refractivity contribution < 1.29 is 41.3 Å². The first kappa shape index (κ1) is 48.3. The molecule has 1 saturated carbocycles. The molecule has 1 aliphatic heterocycles. The molecule has 0 radical (unpaired) electrons. The molecular weight excluding hydrogens is 893 g/mol. The molecule has 0 N–H and O–H groups in total. The quantitative estimate of drug-likeness (QED) is 0.0282. The minimum Gasteiger partial charge on any atom is -0.488 e. The van der Waals surface area contributed by atoms with Crippen molar-refractivity contribution in [1.82, 2.24) is 4.57 Å². The lowest BCUT2D eigenvalue weighted by Gasteiger charge is -2.40. The maximum Gasteiger partial charge on any atom is 0.338 e. The van der Waals surface area contributed by atoms with Gasteiger partial charge in [0.1, 0.15) is 17.7 Å². The minimum atomic E-state index is -0.976. The summed E-state index contributed by atoms with van der Waals surface area (Å²) >= 11 is 1.47. The number of rotatable bonds is 18. The molecule has 354 valence electrons. The zero-order chi connectivity index (χ0) is 47.8. The molecule has 2 aliphatic rings. The van der Waals surface area contributed by atoms with E-state index in [4.69, 9.17) is 30.5 Å². The third-order valence-electron chi connectivity index (χ3n) is 13.0. The van der Waals surface area contributed by atoms with Crippen LogP contribution in [0.4, 0.5) is 28.9 Å². The molecule has 2 heterocycles. The number of fused-ring (bicyclic) bond motifs is 1. The van der Waals surface area contributed by atoms with E-state index in [0.29, 0.717) is 60.5 Å². The van der Waals surface area contributed by atoms with E-state index in [9.17, 15) is 13.6 Å². The number of hydrogen-bond donors (Lipinski definition) is 0. The summed E-state index contributed by atoms with van der Waals surface area (Å²) in [5.74, 6) is -4.32. The number of benzene rings is 5. The predicted octanol–water partition coefficient (Wildman–Crippen LogP) is 12.9. The molecule has 1 saturated heterocycles. The summed E-state index contributed by atoms with van der Waals surface area (Å²) < 4.78 is 85.3. The molecule has 5 aromatic carbocycles. The first-order valence-electron chi connectivity index (χ1n) is 23.1. The molecule has 8 rings (SSSR count). The minimum absolute atomic E-state index is 0.0534. The summed E-state index contributed by atoms with van der Waals surface area (Å²) in [4.78, 5) is 27.3. The zero-order valence-corrected chi connectivity index (χ0v) is 39.2. The topological polar surface area (TPSA) is 88.0 Å². The van der Waals surface area contributed by atoms with Crippen LogP contribution < -0.4 is 9.54 Å². The molecule has 3 atom stereocenters. The van der Waals surface area contributed by atoms with Crippen LogP contribution in [0.2, 0.25) is 0 Å². The monoisotopic (exact) mass is 946 g/mol. The van der Waals surface area contributed by atoms with E-state index >= 15 is 8.78 Å². The number of aryl methyl sites for hydroxylation is 2. The fourth-order valence-electron chi connectivity index (χ4n) is 8.76. The fraction of sp³-hybridized carbons (Fsp3) is 0.370. The van der Waals surface area contributed by atoms with Crippen molar-refractivity contribution in [1.29, 1.82) is 0 Å². The molecule has 3 unspecified atom stereocenters. The molecule has 2 fully saturated rings. The van der Waals surface area contributed by atoms with Gasteiger partial charge in [0, 0.05) is 43.2 Å². The molecule has 0 bridgehead atoms. The molecule has 6 aromatic rings. The van der Waals surface area contributed by atoms with Crippen molar-refractivity contribution in [3.05, 3.63) is 153 Å². The summed E-state index contributed by atoms with van der Waals surface area (Å²) in [6.45, 7) is 14.1. The molecule has 68 heavy (non-hydrogen) atoms. The van der Waals surface area contributed by atoms with Gasteiger partial charge >= 0.3 is 5.97 Å². The van der Waals surface area contributed by atoms with E-state index in [2.05, 4.69) is 16.8 Å². The van der Waals surface area contributed by atoms with Gasteiger partial charge in [0.15, 0.2) is 22.2 Å². The normalized spacial score (nSPS) is 18.1. The standard InChI is InChI=1S/C54H54F4N4O5S/c1-5-54(32-65-33-54)31-64-22-8-6-7-9-23-66-51-45(57)26-38(27-46(51)58)52(63)67-40-17-19-42(37-14-12-36(13-15-37)41-18-10-34(2)24-43(41)55)48(29-40)61-53-62(4)49-21-16-39(28-50(49)68-53)60-30-35-11-20-47(59-3)44(56)25-35/h10-16,18,20-21,24-28,30,40,42,48H,5-9,17,19,22-23,29,31-33H2,1-2,4H3. The highest BCUT2D eigenvalue weighted by molar-refractivity contribution is 7.16. The van der Waals surface area contributed by atoms with Crippen molar-refractivity contribution in [2.75, 3.05) is 33.0 Å². The summed E-state index contributed by atoms with van der Waals surface area (Å²) in [5, 5.41) is 0. The number of hydrogen-bond acceptors (Lipinski definition) is 8. The smallest absolute Gasteiger partial charge is 0.338 e. The molecule has 0 amide bonds. The van der Waals surface area contributed by atoms with Crippen LogP contribution in [-0.2, 0) is 21.3 Å². The van der Waals surface area contributed by atoms with Gasteiger partial charge in [-0.25, -0.2) is 27.2 Å². The second kappa shape index (κ2) is 21.9. The number of carbonyl (C=O) groups is 1. The van der Waals surface area contributed by atoms with E-state index < -0.39 is 35.3 Å². The molecule has 1 aromatic heterocycles. The largest absolute Gasteiger partial charge is 0.488 e. The van der Waals surface area contributed by atoms with Gasteiger partial charge < -0.3 is 23.5 Å². The van der Waals surface area contributed by atoms with Crippen LogP contribution in [0.25, 0.3) is 26.2 Å². The number of aromatic nitrogens is 1. The van der Waals surface area contributed by atoms with Crippen molar-refractivity contribution in [3.8, 4) is 16.9 Å². The van der Waals surface area contributed by atoms with Gasteiger partial charge in [-0.1, -0.05) is 73.2 Å². The fourth-order valence-corrected chi connectivity index (χ4v) is 9.87. The highest BCUT2D eigenvalue weighted by Gasteiger charge is 2.37. The van der Waals surface area contributed by atoms with Crippen LogP contribution in [0.15, 0.2) is 101 Å². The second-order valence-electron chi connectivity index (χ2n) is 17.9. The zero-order valence-electron chi connectivity index (χ0n) is 38.4. The Hall–Kier alpha value is -6.14. The van der Waals surface area contributed by atoms with Crippen molar-refractivity contribution >= 4 is 45.1 Å². The Morgan fingerprint density at radius 3 is 2.35 bits per heavy atom. The van der Waals surface area contributed by atoms with E-state index in [1.807, 2.05) is 67.1 Å². The van der Waals surface area contributed by atoms with E-state index in [1.165, 1.54) is 29.5 Å². The van der Waals surface area contributed by atoms with E-state index in [-0.39, 0.29) is 41.0 Å². The maximum absolute atomic E-state index is 15.3. The van der Waals surface area contributed by atoms with Crippen LogP contribution in [0, 0.1) is 42.2 Å². The third-order valence-corrected chi connectivity index (χ3v) is 14.1. The molecule has 1 aliphatic carbocycles. The summed E-state index contributed by atoms with van der Waals surface area (Å²) in [5.41, 5.74) is 5.02. The predicted molar refractivity (Wildman–Crippen MR) is 257 cm³/mol. The lowest BCUT2D eigenvalue weighted by molar-refractivity contribution is -0.150. The highest BCUT2D eigenvalue weighted by Crippen LogP contribution is 2.39. The number of aliphatic imine (C=N–C) groups is 1. The average molecular weight is 947 g/mol. The number of thiazole rings is 1.